The Morgan fingerprint density at radius 2 is 2.05 bits per heavy atom. The quantitative estimate of drug-likeness (QED) is 0.857. The number of anilines is 1. The number of nitrogens with one attached hydrogen (secondary N) is 1. The summed E-state index contributed by atoms with van der Waals surface area (Å²) in [5.74, 6) is -1.42. The molecule has 0 aromatic heterocycles. The molecule has 1 unspecified atom stereocenters. The van der Waals surface area contributed by atoms with E-state index in [0.29, 0.717) is 12.0 Å². The minimum absolute atomic E-state index is 0.102. The van der Waals surface area contributed by atoms with Gasteiger partial charge in [0.05, 0.1) is 11.3 Å². The van der Waals surface area contributed by atoms with Gasteiger partial charge in [0.25, 0.3) is 5.91 Å². The van der Waals surface area contributed by atoms with E-state index in [1.54, 1.807) is 32.0 Å². The maximum absolute atomic E-state index is 12.2. The van der Waals surface area contributed by atoms with Crippen molar-refractivity contribution in [3.63, 3.8) is 0 Å². The minimum atomic E-state index is -1.07. The van der Waals surface area contributed by atoms with E-state index in [4.69, 9.17) is 4.74 Å². The first kappa shape index (κ1) is 15.2. The largest absolute Gasteiger partial charge is 0.478 e. The van der Waals surface area contributed by atoms with Crippen LogP contribution < -0.4 is 5.32 Å². The molecule has 0 heterocycles. The van der Waals surface area contributed by atoms with Gasteiger partial charge in [0, 0.05) is 7.11 Å². The van der Waals surface area contributed by atoms with Crippen molar-refractivity contribution in [3.05, 3.63) is 29.3 Å². The molecule has 0 saturated carbocycles. The lowest BCUT2D eigenvalue weighted by Crippen LogP contribution is -2.41. The highest BCUT2D eigenvalue weighted by Gasteiger charge is 2.31. The van der Waals surface area contributed by atoms with Crippen LogP contribution in [-0.2, 0) is 9.53 Å². The van der Waals surface area contributed by atoms with Crippen molar-refractivity contribution in [3.8, 4) is 0 Å². The fourth-order valence-corrected chi connectivity index (χ4v) is 1.71. The lowest BCUT2D eigenvalue weighted by Gasteiger charge is -2.25. The molecule has 19 heavy (non-hydrogen) atoms. The molecule has 0 aliphatic heterocycles. The summed E-state index contributed by atoms with van der Waals surface area (Å²) in [6, 6.07) is 4.96. The van der Waals surface area contributed by atoms with Crippen molar-refractivity contribution in [2.45, 2.75) is 32.8 Å². The molecule has 1 rings (SSSR count). The molecule has 0 spiro atoms. The lowest BCUT2D eigenvalue weighted by molar-refractivity contribution is -0.136. The van der Waals surface area contributed by atoms with Crippen LogP contribution in [0.15, 0.2) is 18.2 Å². The number of hydrogen-bond acceptors (Lipinski definition) is 3. The molecular formula is C14H19NO4. The first-order valence-electron chi connectivity index (χ1n) is 6.05. The summed E-state index contributed by atoms with van der Waals surface area (Å²) in [4.78, 5) is 23.4. The number of benzene rings is 1. The van der Waals surface area contributed by atoms with Gasteiger partial charge in [-0.1, -0.05) is 19.1 Å². The number of carboxylic acids is 1. The van der Waals surface area contributed by atoms with Crippen LogP contribution >= 0.6 is 0 Å². The van der Waals surface area contributed by atoms with Gasteiger partial charge in [-0.3, -0.25) is 4.79 Å². The molecule has 104 valence electrons. The van der Waals surface area contributed by atoms with Crippen LogP contribution in [0, 0.1) is 6.92 Å². The molecule has 0 aliphatic rings. The molecule has 1 aromatic rings. The number of rotatable bonds is 5. The molecule has 1 atom stereocenters. The molecule has 0 saturated heterocycles. The second kappa shape index (κ2) is 5.84. The highest BCUT2D eigenvalue weighted by molar-refractivity contribution is 6.03. The monoisotopic (exact) mass is 265 g/mol. The molecule has 5 heteroatoms. The molecule has 2 N–H and O–H groups in total. The molecule has 1 aromatic carbocycles. The summed E-state index contributed by atoms with van der Waals surface area (Å²) in [7, 11) is 1.46. The average Bonchev–Trinajstić information content (AvgIpc) is 2.37. The van der Waals surface area contributed by atoms with Gasteiger partial charge < -0.3 is 15.2 Å². The molecule has 5 nitrogen and oxygen atoms in total. The lowest BCUT2D eigenvalue weighted by atomic mass is 10.0. The first-order chi connectivity index (χ1) is 8.85. The molecule has 0 radical (unpaired) electrons. The van der Waals surface area contributed by atoms with Crippen LogP contribution in [0.4, 0.5) is 5.69 Å². The van der Waals surface area contributed by atoms with Crippen molar-refractivity contribution in [2.75, 3.05) is 12.4 Å². The van der Waals surface area contributed by atoms with Gasteiger partial charge in [0.1, 0.15) is 5.60 Å². The van der Waals surface area contributed by atoms with Gasteiger partial charge in [0.2, 0.25) is 0 Å². The number of carboxylic acid groups (broad SMARTS) is 1. The van der Waals surface area contributed by atoms with Gasteiger partial charge in [-0.05, 0) is 31.9 Å². The van der Waals surface area contributed by atoms with Crippen molar-refractivity contribution >= 4 is 17.6 Å². The van der Waals surface area contributed by atoms with Gasteiger partial charge >= 0.3 is 5.97 Å². The number of aromatic carboxylic acids is 1. The van der Waals surface area contributed by atoms with E-state index in [1.165, 1.54) is 7.11 Å². The predicted octanol–water partition coefficient (Wildman–Crippen LogP) is 2.45. The first-order valence-corrected chi connectivity index (χ1v) is 6.05. The summed E-state index contributed by atoms with van der Waals surface area (Å²) in [5.41, 5.74) is 0.0139. The zero-order chi connectivity index (χ0) is 14.6. The Morgan fingerprint density at radius 1 is 1.42 bits per heavy atom. The summed E-state index contributed by atoms with van der Waals surface area (Å²) in [6.45, 7) is 5.18. The standard InChI is InChI=1S/C14H19NO4/c1-5-14(3,19-4)13(18)15-10-8-6-7-9(2)11(10)12(16)17/h6-8H,5H2,1-4H3,(H,15,18)(H,16,17). The van der Waals surface area contributed by atoms with E-state index in [-0.39, 0.29) is 17.2 Å². The normalized spacial score (nSPS) is 13.7. The van der Waals surface area contributed by atoms with Crippen LogP contribution in [0.5, 0.6) is 0 Å². The number of ether oxygens (including phenoxy) is 1. The molecule has 0 fully saturated rings. The van der Waals surface area contributed by atoms with E-state index in [9.17, 15) is 14.7 Å². The summed E-state index contributed by atoms with van der Waals surface area (Å²) >= 11 is 0. The van der Waals surface area contributed by atoms with Crippen LogP contribution in [-0.4, -0.2) is 29.7 Å². The number of carbonyl (C=O) groups is 2. The Kier molecular flexibility index (Phi) is 4.67. The SMILES string of the molecule is CCC(C)(OC)C(=O)Nc1cccc(C)c1C(=O)O. The summed E-state index contributed by atoms with van der Waals surface area (Å²) in [6.07, 6.45) is 0.490. The van der Waals surface area contributed by atoms with Crippen molar-refractivity contribution in [1.29, 1.82) is 0 Å². The maximum atomic E-state index is 12.2. The fourth-order valence-electron chi connectivity index (χ4n) is 1.71. The number of aryl methyl sites for hydroxylation is 1. The van der Waals surface area contributed by atoms with E-state index in [1.807, 2.05) is 6.92 Å². The molecule has 0 bridgehead atoms. The molecule has 1 amide bonds. The van der Waals surface area contributed by atoms with E-state index in [2.05, 4.69) is 5.32 Å². The van der Waals surface area contributed by atoms with E-state index >= 15 is 0 Å². The maximum Gasteiger partial charge on any atom is 0.338 e. The molecule has 0 aliphatic carbocycles. The Labute approximate surface area is 112 Å². The zero-order valence-corrected chi connectivity index (χ0v) is 11.6. The van der Waals surface area contributed by atoms with Gasteiger partial charge in [-0.2, -0.15) is 0 Å². The number of methoxy groups -OCH3 is 1. The third kappa shape index (κ3) is 3.12. The fraction of sp³-hybridized carbons (Fsp3) is 0.429. The van der Waals surface area contributed by atoms with E-state index in [0.717, 1.165) is 0 Å². The third-order valence-corrected chi connectivity index (χ3v) is 3.34. The van der Waals surface area contributed by atoms with Gasteiger partial charge in [0.15, 0.2) is 0 Å². The minimum Gasteiger partial charge on any atom is -0.478 e. The predicted molar refractivity (Wildman–Crippen MR) is 72.5 cm³/mol. The Balaban J connectivity index is 3.10. The Hall–Kier alpha value is -1.88. The van der Waals surface area contributed by atoms with Gasteiger partial charge in [-0.15, -0.1) is 0 Å². The smallest absolute Gasteiger partial charge is 0.338 e. The van der Waals surface area contributed by atoms with Crippen LogP contribution in [0.25, 0.3) is 0 Å². The zero-order valence-electron chi connectivity index (χ0n) is 11.6. The van der Waals surface area contributed by atoms with Crippen molar-refractivity contribution in [2.24, 2.45) is 0 Å². The van der Waals surface area contributed by atoms with Crippen LogP contribution in [0.2, 0.25) is 0 Å². The van der Waals surface area contributed by atoms with Crippen molar-refractivity contribution in [1.82, 2.24) is 0 Å². The highest BCUT2D eigenvalue weighted by atomic mass is 16.5. The molecular weight excluding hydrogens is 246 g/mol. The summed E-state index contributed by atoms with van der Waals surface area (Å²) in [5, 5.41) is 11.8. The Bertz CT molecular complexity index is 492. The Morgan fingerprint density at radius 3 is 2.53 bits per heavy atom. The van der Waals surface area contributed by atoms with Crippen LogP contribution in [0.3, 0.4) is 0 Å². The summed E-state index contributed by atoms with van der Waals surface area (Å²) < 4.78 is 5.19. The highest BCUT2D eigenvalue weighted by Crippen LogP contribution is 2.22. The van der Waals surface area contributed by atoms with E-state index < -0.39 is 11.6 Å². The van der Waals surface area contributed by atoms with Crippen LogP contribution in [0.1, 0.15) is 36.2 Å². The van der Waals surface area contributed by atoms with Crippen molar-refractivity contribution < 1.29 is 19.4 Å². The number of amides is 1. The number of hydrogen-bond donors (Lipinski definition) is 2. The second-order valence-electron chi connectivity index (χ2n) is 4.55. The third-order valence-electron chi connectivity index (χ3n) is 3.34. The average molecular weight is 265 g/mol. The number of carbonyl (C=O) groups excluding carboxylic acids is 1. The second-order valence-corrected chi connectivity index (χ2v) is 4.55. The van der Waals surface area contributed by atoms with Gasteiger partial charge in [-0.25, -0.2) is 4.79 Å². The topological polar surface area (TPSA) is 75.6 Å².